The van der Waals surface area contributed by atoms with Crippen molar-refractivity contribution in [2.24, 2.45) is 0 Å². The van der Waals surface area contributed by atoms with Crippen LogP contribution in [0.15, 0.2) is 6.07 Å². The molecule has 1 fully saturated rings. The predicted octanol–water partition coefficient (Wildman–Crippen LogP) is 1.73. The Hall–Kier alpha value is -1.09. The van der Waals surface area contributed by atoms with Crippen LogP contribution in [0.4, 0.5) is 0 Å². The maximum Gasteiger partial charge on any atom is 0.348 e. The van der Waals surface area contributed by atoms with Crippen molar-refractivity contribution in [3.8, 4) is 0 Å². The molecule has 2 heterocycles. The van der Waals surface area contributed by atoms with Gasteiger partial charge in [0.2, 0.25) is 0 Å². The third kappa shape index (κ3) is 4.72. The number of thiophene rings is 1. The number of nitrogens with one attached hydrogen (secondary N) is 1. The number of aliphatic hydroxyl groups is 1. The Labute approximate surface area is 149 Å². The van der Waals surface area contributed by atoms with E-state index in [2.05, 4.69) is 5.32 Å². The average Bonchev–Trinajstić information content (AvgIpc) is 2.94. The van der Waals surface area contributed by atoms with E-state index in [9.17, 15) is 14.7 Å². The maximum atomic E-state index is 11.8. The zero-order chi connectivity index (χ0) is 17.7. The molecule has 0 saturated carbocycles. The minimum Gasteiger partial charge on any atom is -0.468 e. The molecule has 1 saturated heterocycles. The van der Waals surface area contributed by atoms with Crippen LogP contribution in [0.25, 0.3) is 0 Å². The average molecular weight is 373 g/mol. The van der Waals surface area contributed by atoms with Crippen molar-refractivity contribution in [3.05, 3.63) is 21.4 Å². The largest absolute Gasteiger partial charge is 0.468 e. The van der Waals surface area contributed by atoms with E-state index in [1.807, 2.05) is 13.0 Å². The molecule has 8 heteroatoms. The normalized spacial score (nSPS) is 23.8. The van der Waals surface area contributed by atoms with Gasteiger partial charge in [-0.3, -0.25) is 10.1 Å². The first-order valence-electron chi connectivity index (χ1n) is 7.87. The molecular weight excluding hydrogens is 350 g/mol. The van der Waals surface area contributed by atoms with E-state index in [1.54, 1.807) is 6.92 Å². The first kappa shape index (κ1) is 19.2. The van der Waals surface area contributed by atoms with Crippen molar-refractivity contribution in [1.29, 1.82) is 0 Å². The molecule has 0 amide bonds. The minimum absolute atomic E-state index is 0.199. The summed E-state index contributed by atoms with van der Waals surface area (Å²) in [6.07, 6.45) is 0.790. The number of ether oxygens (including phenoxy) is 2. The first-order chi connectivity index (χ1) is 11.5. The second-order valence-corrected chi connectivity index (χ2v) is 8.11. The number of hydrogen-bond acceptors (Lipinski definition) is 8. The Morgan fingerprint density at radius 2 is 2.21 bits per heavy atom. The number of carbonyl (C=O) groups is 2. The molecule has 134 valence electrons. The Balaban J connectivity index is 1.93. The van der Waals surface area contributed by atoms with E-state index < -0.39 is 17.4 Å². The molecule has 6 nitrogen and oxygen atoms in total. The molecule has 2 unspecified atom stereocenters. The SMILES string of the molecule is CCOC(=O)c1cc(C)c(CC[C@H]2CNC(O)C(C(=O)OC)S2)s1. The number of thioether (sulfide) groups is 1. The molecule has 1 aromatic rings. The van der Waals surface area contributed by atoms with Crippen molar-refractivity contribution >= 4 is 35.0 Å². The summed E-state index contributed by atoms with van der Waals surface area (Å²) in [7, 11) is 1.32. The van der Waals surface area contributed by atoms with Crippen LogP contribution in [0.5, 0.6) is 0 Å². The summed E-state index contributed by atoms with van der Waals surface area (Å²) in [6, 6.07) is 1.87. The summed E-state index contributed by atoms with van der Waals surface area (Å²) in [5.74, 6) is -0.693. The van der Waals surface area contributed by atoms with E-state index in [4.69, 9.17) is 9.47 Å². The van der Waals surface area contributed by atoms with Gasteiger partial charge in [0.1, 0.15) is 16.4 Å². The van der Waals surface area contributed by atoms with Crippen LogP contribution in [-0.4, -0.2) is 54.0 Å². The number of methoxy groups -OCH3 is 1. The Kier molecular flexibility index (Phi) is 7.09. The van der Waals surface area contributed by atoms with Gasteiger partial charge in [-0.15, -0.1) is 23.1 Å². The second kappa shape index (κ2) is 8.84. The molecule has 1 aromatic heterocycles. The van der Waals surface area contributed by atoms with E-state index >= 15 is 0 Å². The molecule has 0 aromatic carbocycles. The number of esters is 2. The summed E-state index contributed by atoms with van der Waals surface area (Å²) in [5, 5.41) is 12.4. The molecule has 0 bridgehead atoms. The lowest BCUT2D eigenvalue weighted by Gasteiger charge is -2.32. The van der Waals surface area contributed by atoms with Crippen molar-refractivity contribution in [3.63, 3.8) is 0 Å². The highest BCUT2D eigenvalue weighted by molar-refractivity contribution is 8.01. The van der Waals surface area contributed by atoms with Crippen molar-refractivity contribution < 1.29 is 24.2 Å². The molecule has 0 radical (unpaired) electrons. The first-order valence-corrected chi connectivity index (χ1v) is 9.63. The predicted molar refractivity (Wildman–Crippen MR) is 94.5 cm³/mol. The molecule has 0 spiro atoms. The fraction of sp³-hybridized carbons (Fsp3) is 0.625. The molecule has 1 aliphatic heterocycles. The number of aliphatic hydroxyl groups excluding tert-OH is 1. The highest BCUT2D eigenvalue weighted by Gasteiger charge is 2.35. The van der Waals surface area contributed by atoms with E-state index in [1.165, 1.54) is 30.2 Å². The van der Waals surface area contributed by atoms with E-state index in [-0.39, 0.29) is 11.2 Å². The summed E-state index contributed by atoms with van der Waals surface area (Å²) in [4.78, 5) is 25.3. The second-order valence-electron chi connectivity index (χ2n) is 5.53. The lowest BCUT2D eigenvalue weighted by molar-refractivity contribution is -0.142. The molecule has 2 rings (SSSR count). The van der Waals surface area contributed by atoms with E-state index in [0.717, 1.165) is 23.3 Å². The monoisotopic (exact) mass is 373 g/mol. The van der Waals surface area contributed by atoms with Gasteiger partial charge in [0.15, 0.2) is 0 Å². The van der Waals surface area contributed by atoms with Crippen LogP contribution in [0.2, 0.25) is 0 Å². The van der Waals surface area contributed by atoms with Crippen molar-refractivity contribution in [2.45, 2.75) is 43.4 Å². The van der Waals surface area contributed by atoms with Crippen molar-refractivity contribution in [2.75, 3.05) is 20.3 Å². The van der Waals surface area contributed by atoms with E-state index in [0.29, 0.717) is 18.0 Å². The van der Waals surface area contributed by atoms with Gasteiger partial charge in [0.25, 0.3) is 0 Å². The number of aryl methyl sites for hydroxylation is 2. The molecule has 2 N–H and O–H groups in total. The van der Waals surface area contributed by atoms with Crippen LogP contribution >= 0.6 is 23.1 Å². The Morgan fingerprint density at radius 3 is 2.88 bits per heavy atom. The summed E-state index contributed by atoms with van der Waals surface area (Å²) < 4.78 is 9.77. The molecule has 24 heavy (non-hydrogen) atoms. The maximum absolute atomic E-state index is 11.8. The number of hydrogen-bond donors (Lipinski definition) is 2. The lowest BCUT2D eigenvalue weighted by atomic mass is 10.1. The van der Waals surface area contributed by atoms with Gasteiger partial charge < -0.3 is 14.6 Å². The fourth-order valence-electron chi connectivity index (χ4n) is 2.52. The highest BCUT2D eigenvalue weighted by Crippen LogP contribution is 2.30. The number of rotatable bonds is 6. The van der Waals surface area contributed by atoms with Gasteiger partial charge in [0, 0.05) is 16.7 Å². The van der Waals surface area contributed by atoms with Gasteiger partial charge in [-0.05, 0) is 38.3 Å². The molecule has 0 aliphatic carbocycles. The standard InChI is InChI=1S/C16H23NO5S2/c1-4-22-15(19)12-7-9(2)11(24-12)6-5-10-8-17-14(18)13(23-10)16(20)21-3/h7,10,13-14,17-18H,4-6,8H2,1-3H3/t10-,13?,14?/m0/s1. The van der Waals surface area contributed by atoms with Crippen LogP contribution in [0.1, 0.15) is 33.5 Å². The Morgan fingerprint density at radius 1 is 1.46 bits per heavy atom. The molecule has 1 aliphatic rings. The summed E-state index contributed by atoms with van der Waals surface area (Å²) in [6.45, 7) is 4.78. The Bertz CT molecular complexity index is 589. The number of carbonyl (C=O) groups excluding carboxylic acids is 2. The van der Waals surface area contributed by atoms with Crippen LogP contribution in [0, 0.1) is 6.92 Å². The quantitative estimate of drug-likeness (QED) is 0.735. The smallest absolute Gasteiger partial charge is 0.348 e. The summed E-state index contributed by atoms with van der Waals surface area (Å²) >= 11 is 2.91. The topological polar surface area (TPSA) is 84.9 Å². The summed E-state index contributed by atoms with van der Waals surface area (Å²) in [5.41, 5.74) is 1.08. The molecule has 3 atom stereocenters. The van der Waals surface area contributed by atoms with Gasteiger partial charge >= 0.3 is 11.9 Å². The third-order valence-corrected chi connectivity index (χ3v) is 6.61. The van der Waals surface area contributed by atoms with Gasteiger partial charge in [-0.2, -0.15) is 0 Å². The molecular formula is C16H23NO5S2. The van der Waals surface area contributed by atoms with Gasteiger partial charge in [-0.25, -0.2) is 4.79 Å². The highest BCUT2D eigenvalue weighted by atomic mass is 32.2. The van der Waals surface area contributed by atoms with Gasteiger partial charge in [-0.1, -0.05) is 0 Å². The fourth-order valence-corrected chi connectivity index (χ4v) is 4.92. The zero-order valence-electron chi connectivity index (χ0n) is 14.0. The lowest BCUT2D eigenvalue weighted by Crippen LogP contribution is -2.50. The van der Waals surface area contributed by atoms with Crippen LogP contribution < -0.4 is 5.32 Å². The third-order valence-electron chi connectivity index (χ3n) is 3.80. The van der Waals surface area contributed by atoms with Crippen LogP contribution in [0.3, 0.4) is 0 Å². The van der Waals surface area contributed by atoms with Gasteiger partial charge in [0.05, 0.1) is 13.7 Å². The van der Waals surface area contributed by atoms with Crippen molar-refractivity contribution in [1.82, 2.24) is 5.32 Å². The minimum atomic E-state index is -0.877. The van der Waals surface area contributed by atoms with Crippen LogP contribution in [-0.2, 0) is 20.7 Å². The zero-order valence-corrected chi connectivity index (χ0v) is 15.7.